The number of hydrazine groups is 2. The molecule has 2 rings (SSSR count). The molecule has 1 heterocycles. The van der Waals surface area contributed by atoms with E-state index >= 15 is 0 Å². The van der Waals surface area contributed by atoms with Crippen molar-refractivity contribution in [1.82, 2.24) is 9.97 Å². The highest BCUT2D eigenvalue weighted by molar-refractivity contribution is 5.90. The molecule has 0 atom stereocenters. The Morgan fingerprint density at radius 3 is 2.21 bits per heavy atom. The number of primary amides is 2. The van der Waals surface area contributed by atoms with Gasteiger partial charge in [-0.05, 0) is 5.56 Å². The molecule has 0 aliphatic carbocycles. The van der Waals surface area contributed by atoms with Gasteiger partial charge in [0, 0.05) is 6.07 Å². The van der Waals surface area contributed by atoms with Crippen LogP contribution in [0.5, 0.6) is 5.88 Å². The molecule has 0 unspecified atom stereocenters. The summed E-state index contributed by atoms with van der Waals surface area (Å²) in [6.45, 7) is 0.180. The minimum Gasteiger partial charge on any atom is -0.473 e. The summed E-state index contributed by atoms with van der Waals surface area (Å²) in [6, 6.07) is 8.54. The van der Waals surface area contributed by atoms with Gasteiger partial charge in [0.15, 0.2) is 5.82 Å². The first-order valence-electron chi connectivity index (χ1n) is 6.63. The summed E-state index contributed by atoms with van der Waals surface area (Å²) in [4.78, 5) is 30.1. The Bertz CT molecular complexity index is 701. The van der Waals surface area contributed by atoms with Crippen molar-refractivity contribution in [1.29, 1.82) is 0 Å². The van der Waals surface area contributed by atoms with E-state index in [1.807, 2.05) is 30.3 Å². The van der Waals surface area contributed by atoms with Crippen LogP contribution >= 0.6 is 0 Å². The number of amides is 4. The second-order valence-corrected chi connectivity index (χ2v) is 4.56. The van der Waals surface area contributed by atoms with E-state index < -0.39 is 12.1 Å². The van der Waals surface area contributed by atoms with Crippen molar-refractivity contribution in [2.75, 3.05) is 10.0 Å². The lowest BCUT2D eigenvalue weighted by Gasteiger charge is -2.17. The third-order valence-electron chi connectivity index (χ3n) is 2.84. The topological polar surface area (TPSA) is 180 Å². The number of aromatic nitrogens is 2. The molecule has 8 N–H and O–H groups in total. The van der Waals surface area contributed by atoms with Crippen molar-refractivity contribution in [3.8, 4) is 5.88 Å². The van der Waals surface area contributed by atoms with E-state index in [2.05, 4.69) is 9.97 Å². The van der Waals surface area contributed by atoms with Gasteiger partial charge in [-0.1, -0.05) is 30.3 Å². The number of nitrogens with zero attached hydrogens (tertiary/aromatic N) is 4. The molecule has 4 amide bonds. The minimum absolute atomic E-state index is 0.0206. The Morgan fingerprint density at radius 1 is 1.00 bits per heavy atom. The summed E-state index contributed by atoms with van der Waals surface area (Å²) in [5.41, 5.74) is 11.0. The maximum absolute atomic E-state index is 11.2. The maximum Gasteiger partial charge on any atom is 0.336 e. The van der Waals surface area contributed by atoms with Gasteiger partial charge in [-0.15, -0.1) is 0 Å². The molecule has 1 aromatic carbocycles. The first kappa shape index (κ1) is 16.9. The third kappa shape index (κ3) is 4.06. The normalized spacial score (nSPS) is 10.1. The largest absolute Gasteiger partial charge is 0.473 e. The molecule has 1 aromatic heterocycles. The number of hydrogen-bond donors (Lipinski definition) is 4. The smallest absolute Gasteiger partial charge is 0.336 e. The van der Waals surface area contributed by atoms with Gasteiger partial charge in [0.2, 0.25) is 5.88 Å². The Labute approximate surface area is 136 Å². The Kier molecular flexibility index (Phi) is 5.09. The molecular weight excluding hydrogens is 316 g/mol. The number of urea groups is 2. The molecule has 0 aliphatic heterocycles. The number of hydrogen-bond acceptors (Lipinski definition) is 7. The van der Waals surface area contributed by atoms with Gasteiger partial charge in [0.25, 0.3) is 5.95 Å². The molecule has 11 heteroatoms. The first-order chi connectivity index (χ1) is 11.4. The zero-order valence-corrected chi connectivity index (χ0v) is 12.5. The quantitative estimate of drug-likeness (QED) is 0.325. The summed E-state index contributed by atoms with van der Waals surface area (Å²) in [6.07, 6.45) is 0. The van der Waals surface area contributed by atoms with Crippen molar-refractivity contribution in [3.05, 3.63) is 42.0 Å². The highest BCUT2D eigenvalue weighted by atomic mass is 16.5. The molecule has 0 saturated carbocycles. The predicted molar refractivity (Wildman–Crippen MR) is 85.3 cm³/mol. The summed E-state index contributed by atoms with van der Waals surface area (Å²) < 4.78 is 5.51. The fraction of sp³-hybridized carbons (Fsp3) is 0.0769. The van der Waals surface area contributed by atoms with Crippen molar-refractivity contribution >= 4 is 23.8 Å². The van der Waals surface area contributed by atoms with Crippen LogP contribution in [0.2, 0.25) is 0 Å². The highest BCUT2D eigenvalue weighted by Crippen LogP contribution is 2.20. The lowest BCUT2D eigenvalue weighted by atomic mass is 10.2. The van der Waals surface area contributed by atoms with Gasteiger partial charge in [0.05, 0.1) is 0 Å². The average molecular weight is 332 g/mol. The summed E-state index contributed by atoms with van der Waals surface area (Å²) >= 11 is 0. The van der Waals surface area contributed by atoms with Crippen LogP contribution in [0.4, 0.5) is 21.4 Å². The van der Waals surface area contributed by atoms with Gasteiger partial charge < -0.3 is 16.2 Å². The van der Waals surface area contributed by atoms with Crippen molar-refractivity contribution in [3.63, 3.8) is 0 Å². The zero-order valence-electron chi connectivity index (χ0n) is 12.5. The van der Waals surface area contributed by atoms with E-state index in [4.69, 9.17) is 27.9 Å². The number of rotatable bonds is 5. The first-order valence-corrected chi connectivity index (χ1v) is 6.63. The molecule has 2 aromatic rings. The molecular formula is C13H16N8O3. The Morgan fingerprint density at radius 2 is 1.62 bits per heavy atom. The van der Waals surface area contributed by atoms with E-state index in [1.54, 1.807) is 0 Å². The Balaban J connectivity index is 2.31. The van der Waals surface area contributed by atoms with Gasteiger partial charge in [-0.25, -0.2) is 26.3 Å². The van der Waals surface area contributed by atoms with Gasteiger partial charge in [-0.3, -0.25) is 0 Å². The zero-order chi connectivity index (χ0) is 17.7. The molecule has 0 aliphatic rings. The minimum atomic E-state index is -1.01. The predicted octanol–water partition coefficient (Wildman–Crippen LogP) is -0.427. The lowest BCUT2D eigenvalue weighted by Crippen LogP contribution is -2.44. The van der Waals surface area contributed by atoms with E-state index in [9.17, 15) is 9.59 Å². The lowest BCUT2D eigenvalue weighted by molar-refractivity contribution is 0.253. The number of ether oxygens (including phenoxy) is 1. The number of nitrogens with two attached hydrogens (primary N) is 4. The van der Waals surface area contributed by atoms with Crippen LogP contribution in [-0.2, 0) is 6.61 Å². The molecule has 0 fully saturated rings. The SMILES string of the molecule is NC(=O)N(N)c1cc(OCc2ccccc2)nc(N(N)C(N)=O)n1. The van der Waals surface area contributed by atoms with Crippen molar-refractivity contribution < 1.29 is 14.3 Å². The van der Waals surface area contributed by atoms with Crippen LogP contribution in [0, 0.1) is 0 Å². The molecule has 11 nitrogen and oxygen atoms in total. The molecule has 24 heavy (non-hydrogen) atoms. The fourth-order valence-corrected chi connectivity index (χ4v) is 1.65. The monoisotopic (exact) mass is 332 g/mol. The van der Waals surface area contributed by atoms with E-state index in [0.29, 0.717) is 10.0 Å². The highest BCUT2D eigenvalue weighted by Gasteiger charge is 2.18. The maximum atomic E-state index is 11.2. The number of carbonyl (C=O) groups is 2. The molecule has 0 radical (unpaired) electrons. The standard InChI is InChI=1S/C13H16N8O3/c14-11(22)20(16)9-6-10(19-13(18-9)21(17)12(15)23)24-7-8-4-2-1-3-5-8/h1-6H,7,16-17H2,(H2,14,22)(H2,15,23). The molecule has 0 spiro atoms. The molecule has 126 valence electrons. The van der Waals surface area contributed by atoms with E-state index in [0.717, 1.165) is 5.56 Å². The van der Waals surface area contributed by atoms with Gasteiger partial charge in [0.1, 0.15) is 6.61 Å². The third-order valence-corrected chi connectivity index (χ3v) is 2.84. The van der Waals surface area contributed by atoms with Crippen LogP contribution in [-0.4, -0.2) is 22.0 Å². The fourth-order valence-electron chi connectivity index (χ4n) is 1.65. The second kappa shape index (κ2) is 7.21. The van der Waals surface area contributed by atoms with Crippen LogP contribution in [0.25, 0.3) is 0 Å². The van der Waals surface area contributed by atoms with Gasteiger partial charge in [-0.2, -0.15) is 15.0 Å². The summed E-state index contributed by atoms with van der Waals surface area (Å²) in [5.74, 6) is 10.6. The van der Waals surface area contributed by atoms with Gasteiger partial charge >= 0.3 is 12.1 Å². The van der Waals surface area contributed by atoms with E-state index in [-0.39, 0.29) is 24.3 Å². The van der Waals surface area contributed by atoms with Crippen LogP contribution in [0.3, 0.4) is 0 Å². The van der Waals surface area contributed by atoms with Crippen LogP contribution in [0.1, 0.15) is 5.56 Å². The molecule has 0 saturated heterocycles. The van der Waals surface area contributed by atoms with Crippen LogP contribution in [0.15, 0.2) is 36.4 Å². The van der Waals surface area contributed by atoms with Crippen molar-refractivity contribution in [2.45, 2.75) is 6.61 Å². The van der Waals surface area contributed by atoms with Crippen LogP contribution < -0.4 is 37.9 Å². The summed E-state index contributed by atoms with van der Waals surface area (Å²) in [7, 11) is 0. The summed E-state index contributed by atoms with van der Waals surface area (Å²) in [5, 5.41) is 1.03. The number of anilines is 2. The Hall–Kier alpha value is -3.44. The average Bonchev–Trinajstić information content (AvgIpc) is 2.59. The van der Waals surface area contributed by atoms with Crippen molar-refractivity contribution in [2.24, 2.45) is 23.2 Å². The second-order valence-electron chi connectivity index (χ2n) is 4.56. The van der Waals surface area contributed by atoms with E-state index in [1.165, 1.54) is 6.07 Å². The number of benzene rings is 1. The molecule has 0 bridgehead atoms. The number of carbonyl (C=O) groups excluding carboxylic acids is 2.